The van der Waals surface area contributed by atoms with E-state index in [0.29, 0.717) is 23.3 Å². The van der Waals surface area contributed by atoms with Crippen molar-refractivity contribution in [1.29, 1.82) is 0 Å². The third kappa shape index (κ3) is 4.26. The van der Waals surface area contributed by atoms with E-state index in [4.69, 9.17) is 4.74 Å². The van der Waals surface area contributed by atoms with Crippen molar-refractivity contribution in [3.8, 4) is 5.88 Å². The smallest absolute Gasteiger partial charge is 0.257 e. The summed E-state index contributed by atoms with van der Waals surface area (Å²) in [6.07, 6.45) is 4.92. The highest BCUT2D eigenvalue weighted by atomic mass is 32.2. The van der Waals surface area contributed by atoms with Crippen molar-refractivity contribution in [1.82, 2.24) is 10.3 Å². The van der Waals surface area contributed by atoms with Gasteiger partial charge in [0.25, 0.3) is 5.91 Å². The summed E-state index contributed by atoms with van der Waals surface area (Å²) in [5.41, 5.74) is 1.28. The summed E-state index contributed by atoms with van der Waals surface area (Å²) < 4.78 is 28.3. The van der Waals surface area contributed by atoms with Gasteiger partial charge in [-0.2, -0.15) is 0 Å². The second-order valence-corrected chi connectivity index (χ2v) is 9.58. The lowest BCUT2D eigenvalue weighted by atomic mass is 9.75. The third-order valence-electron chi connectivity index (χ3n) is 5.16. The Hall–Kier alpha value is -1.89. The number of hydrogen-bond acceptors (Lipinski definition) is 5. The lowest BCUT2D eigenvalue weighted by Crippen LogP contribution is -2.35. The molecule has 1 fully saturated rings. The van der Waals surface area contributed by atoms with Crippen molar-refractivity contribution in [3.63, 3.8) is 0 Å². The number of carbonyl (C=O) groups is 1. The minimum absolute atomic E-state index is 0.107. The Kier molecular flexibility index (Phi) is 5.37. The predicted octanol–water partition coefficient (Wildman–Crippen LogP) is 2.67. The first-order chi connectivity index (χ1) is 12.3. The maximum atomic E-state index is 12.5. The molecule has 1 unspecified atom stereocenters. The van der Waals surface area contributed by atoms with Crippen molar-refractivity contribution < 1.29 is 17.9 Å². The van der Waals surface area contributed by atoms with E-state index in [-0.39, 0.29) is 17.5 Å². The molecule has 1 aromatic rings. The van der Waals surface area contributed by atoms with Gasteiger partial charge in [-0.3, -0.25) is 4.79 Å². The quantitative estimate of drug-likeness (QED) is 0.871. The van der Waals surface area contributed by atoms with Crippen LogP contribution >= 0.6 is 0 Å². The molecule has 2 aliphatic rings. The molecule has 1 aromatic heterocycles. The predicted molar refractivity (Wildman–Crippen MR) is 99.9 cm³/mol. The number of ether oxygens (including phenoxy) is 1. The summed E-state index contributed by atoms with van der Waals surface area (Å²) in [6, 6.07) is 3.11. The zero-order chi connectivity index (χ0) is 18.9. The molecule has 1 saturated carbocycles. The molecular weight excluding hydrogens is 352 g/mol. The molecule has 26 heavy (non-hydrogen) atoms. The van der Waals surface area contributed by atoms with E-state index < -0.39 is 15.9 Å². The van der Waals surface area contributed by atoms with E-state index in [1.165, 1.54) is 19.6 Å². The number of nitrogens with one attached hydrogen (secondary N) is 1. The molecule has 0 spiro atoms. The lowest BCUT2D eigenvalue weighted by Gasteiger charge is -2.31. The number of rotatable bonds is 4. The number of hydrogen-bond donors (Lipinski definition) is 1. The van der Waals surface area contributed by atoms with Crippen LogP contribution in [0.1, 0.15) is 55.1 Å². The second-order valence-electron chi connectivity index (χ2n) is 7.65. The summed E-state index contributed by atoms with van der Waals surface area (Å²) in [5.74, 6) is 1.51. The molecule has 0 saturated heterocycles. The van der Waals surface area contributed by atoms with Gasteiger partial charge in [0.05, 0.1) is 18.9 Å². The first-order valence-corrected chi connectivity index (χ1v) is 10.8. The number of amides is 1. The largest absolute Gasteiger partial charge is 0.480 e. The molecule has 4 atom stereocenters. The summed E-state index contributed by atoms with van der Waals surface area (Å²) in [4.78, 5) is 17.1. The summed E-state index contributed by atoms with van der Waals surface area (Å²) in [5, 5.41) is 3.85. The van der Waals surface area contributed by atoms with Crippen LogP contribution in [0.25, 0.3) is 0 Å². The highest BCUT2D eigenvalue weighted by Gasteiger charge is 2.28. The van der Waals surface area contributed by atoms with Gasteiger partial charge in [-0.1, -0.05) is 13.8 Å². The Labute approximate surface area is 155 Å². The van der Waals surface area contributed by atoms with E-state index in [1.807, 2.05) is 6.07 Å². The average molecular weight is 378 g/mol. The Morgan fingerprint density at radius 1 is 1.19 bits per heavy atom. The van der Waals surface area contributed by atoms with Crippen LogP contribution in [0.15, 0.2) is 23.6 Å². The van der Waals surface area contributed by atoms with E-state index in [1.54, 1.807) is 6.07 Å². The Balaban J connectivity index is 1.76. The van der Waals surface area contributed by atoms with Gasteiger partial charge in [-0.25, -0.2) is 13.4 Å². The minimum atomic E-state index is -3.21. The molecule has 0 bridgehead atoms. The fourth-order valence-electron chi connectivity index (χ4n) is 4.11. The normalized spacial score (nSPS) is 30.1. The fraction of sp³-hybridized carbons (Fsp3) is 0.579. The molecular formula is C19H26N2O4S. The van der Waals surface area contributed by atoms with Gasteiger partial charge in [0.15, 0.2) is 9.84 Å². The number of sulfone groups is 1. The maximum Gasteiger partial charge on any atom is 0.257 e. The van der Waals surface area contributed by atoms with Crippen molar-refractivity contribution in [2.75, 3.05) is 12.9 Å². The van der Waals surface area contributed by atoms with Crippen LogP contribution in [-0.4, -0.2) is 38.2 Å². The van der Waals surface area contributed by atoms with Crippen molar-refractivity contribution in [2.45, 2.75) is 45.1 Å². The molecule has 1 amide bonds. The highest BCUT2D eigenvalue weighted by molar-refractivity contribution is 7.94. The lowest BCUT2D eigenvalue weighted by molar-refractivity contribution is 0.0943. The standard InChI is InChI=1S/C19H26N2O4S/c1-12-8-13(2)10-14(9-12)17-5-4-16(19(21-17)25-3)18(22)20-15-6-7-26(23,24)11-15/h4-7,12-15H,8-11H2,1-3H3,(H,20,22)/t12-,13+,14?,15-/m1/s1. The van der Waals surface area contributed by atoms with E-state index >= 15 is 0 Å². The van der Waals surface area contributed by atoms with E-state index in [0.717, 1.165) is 23.9 Å². The van der Waals surface area contributed by atoms with Crippen LogP contribution in [0.3, 0.4) is 0 Å². The summed E-state index contributed by atoms with van der Waals surface area (Å²) in [7, 11) is -1.72. The van der Waals surface area contributed by atoms with Crippen LogP contribution in [0.2, 0.25) is 0 Å². The van der Waals surface area contributed by atoms with Crippen LogP contribution in [0.5, 0.6) is 5.88 Å². The average Bonchev–Trinajstić information content (AvgIpc) is 2.91. The number of pyridine rings is 1. The van der Waals surface area contributed by atoms with Crippen LogP contribution in [-0.2, 0) is 9.84 Å². The fourth-order valence-corrected chi connectivity index (χ4v) is 5.35. The molecule has 3 rings (SSSR count). The van der Waals surface area contributed by atoms with Gasteiger partial charge in [-0.15, -0.1) is 0 Å². The van der Waals surface area contributed by atoms with Crippen LogP contribution in [0, 0.1) is 11.8 Å². The van der Waals surface area contributed by atoms with Crippen molar-refractivity contribution >= 4 is 15.7 Å². The van der Waals surface area contributed by atoms with Crippen LogP contribution in [0.4, 0.5) is 0 Å². The third-order valence-corrected chi connectivity index (χ3v) is 6.56. The molecule has 6 nitrogen and oxygen atoms in total. The monoisotopic (exact) mass is 378 g/mol. The van der Waals surface area contributed by atoms with Crippen molar-refractivity contribution in [3.05, 3.63) is 34.9 Å². The molecule has 2 heterocycles. The minimum Gasteiger partial charge on any atom is -0.480 e. The first-order valence-electron chi connectivity index (χ1n) is 9.04. The van der Waals surface area contributed by atoms with Gasteiger partial charge in [-0.05, 0) is 49.3 Å². The van der Waals surface area contributed by atoms with Gasteiger partial charge >= 0.3 is 0 Å². The Bertz CT molecular complexity index is 809. The van der Waals surface area contributed by atoms with Crippen molar-refractivity contribution in [2.24, 2.45) is 11.8 Å². The molecule has 0 aromatic carbocycles. The van der Waals surface area contributed by atoms with Gasteiger partial charge < -0.3 is 10.1 Å². The zero-order valence-electron chi connectivity index (χ0n) is 15.4. The number of methoxy groups -OCH3 is 1. The SMILES string of the molecule is COc1nc(C2C[C@@H](C)C[C@@H](C)C2)ccc1C(=O)N[C@@H]1C=CS(=O)(=O)C1. The second kappa shape index (κ2) is 7.39. The molecule has 1 N–H and O–H groups in total. The van der Waals surface area contributed by atoms with Gasteiger partial charge in [0.1, 0.15) is 5.56 Å². The topological polar surface area (TPSA) is 85.4 Å². The number of aromatic nitrogens is 1. The highest BCUT2D eigenvalue weighted by Crippen LogP contribution is 2.39. The number of carbonyl (C=O) groups excluding carboxylic acids is 1. The first kappa shape index (κ1) is 18.9. The summed E-state index contributed by atoms with van der Waals surface area (Å²) >= 11 is 0. The molecule has 1 aliphatic heterocycles. The molecule has 0 radical (unpaired) electrons. The number of nitrogens with zero attached hydrogens (tertiary/aromatic N) is 1. The van der Waals surface area contributed by atoms with E-state index in [2.05, 4.69) is 24.1 Å². The molecule has 142 valence electrons. The Morgan fingerprint density at radius 3 is 2.46 bits per heavy atom. The Morgan fingerprint density at radius 2 is 1.88 bits per heavy atom. The molecule has 1 aliphatic carbocycles. The van der Waals surface area contributed by atoms with E-state index in [9.17, 15) is 13.2 Å². The van der Waals surface area contributed by atoms with Crippen LogP contribution < -0.4 is 10.1 Å². The van der Waals surface area contributed by atoms with Gasteiger partial charge in [0.2, 0.25) is 5.88 Å². The zero-order valence-corrected chi connectivity index (χ0v) is 16.3. The summed E-state index contributed by atoms with van der Waals surface area (Å²) in [6.45, 7) is 4.54. The van der Waals surface area contributed by atoms with Gasteiger partial charge in [0, 0.05) is 17.0 Å². The molecule has 7 heteroatoms. The maximum absolute atomic E-state index is 12.5.